The lowest BCUT2D eigenvalue weighted by Gasteiger charge is -2.28. The molecule has 0 bridgehead atoms. The van der Waals surface area contributed by atoms with Crippen LogP contribution in [0.15, 0.2) is 0 Å². The van der Waals surface area contributed by atoms with Gasteiger partial charge in [0.1, 0.15) is 0 Å². The SMILES string of the molecule is CCC1CCC(CNCC2CCSC2)CC1. The maximum Gasteiger partial charge on any atom is -0.00122 e. The molecule has 2 heteroatoms. The van der Waals surface area contributed by atoms with Crippen molar-refractivity contribution in [3.05, 3.63) is 0 Å². The van der Waals surface area contributed by atoms with E-state index in [1.165, 1.54) is 63.1 Å². The molecule has 1 atom stereocenters. The van der Waals surface area contributed by atoms with Gasteiger partial charge in [0.25, 0.3) is 0 Å². The maximum atomic E-state index is 3.72. The Morgan fingerprint density at radius 1 is 0.938 bits per heavy atom. The molecule has 1 heterocycles. The summed E-state index contributed by atoms with van der Waals surface area (Å²) in [6.07, 6.45) is 8.78. The summed E-state index contributed by atoms with van der Waals surface area (Å²) in [5.74, 6) is 5.79. The molecule has 0 amide bonds. The molecule has 0 spiro atoms. The van der Waals surface area contributed by atoms with Gasteiger partial charge in [-0.3, -0.25) is 0 Å². The topological polar surface area (TPSA) is 12.0 Å². The van der Waals surface area contributed by atoms with E-state index in [2.05, 4.69) is 24.0 Å². The lowest BCUT2D eigenvalue weighted by atomic mass is 9.81. The van der Waals surface area contributed by atoms with Gasteiger partial charge in [-0.25, -0.2) is 0 Å². The third-order valence-electron chi connectivity index (χ3n) is 4.43. The largest absolute Gasteiger partial charge is 0.316 e. The smallest absolute Gasteiger partial charge is 0.00122 e. The predicted octanol–water partition coefficient (Wildman–Crippen LogP) is 3.55. The highest BCUT2D eigenvalue weighted by molar-refractivity contribution is 7.99. The fourth-order valence-corrected chi connectivity index (χ4v) is 4.36. The van der Waals surface area contributed by atoms with E-state index in [4.69, 9.17) is 0 Å². The molecule has 0 aromatic heterocycles. The summed E-state index contributed by atoms with van der Waals surface area (Å²) >= 11 is 2.13. The Morgan fingerprint density at radius 2 is 1.62 bits per heavy atom. The Labute approximate surface area is 105 Å². The minimum absolute atomic E-state index is 0.969. The normalized spacial score (nSPS) is 35.4. The van der Waals surface area contributed by atoms with Crippen molar-refractivity contribution in [3.8, 4) is 0 Å². The molecule has 1 N–H and O–H groups in total. The summed E-state index contributed by atoms with van der Waals surface area (Å²) in [5.41, 5.74) is 0. The molecule has 1 nitrogen and oxygen atoms in total. The first-order valence-corrected chi connectivity index (χ1v) is 8.32. The van der Waals surface area contributed by atoms with Gasteiger partial charge in [0.05, 0.1) is 0 Å². The summed E-state index contributed by atoms with van der Waals surface area (Å²) in [7, 11) is 0. The summed E-state index contributed by atoms with van der Waals surface area (Å²) in [6, 6.07) is 0. The molecule has 2 fully saturated rings. The predicted molar refractivity (Wildman–Crippen MR) is 74.0 cm³/mol. The average Bonchev–Trinajstić information content (AvgIpc) is 2.83. The van der Waals surface area contributed by atoms with Gasteiger partial charge in [0.2, 0.25) is 0 Å². The van der Waals surface area contributed by atoms with Crippen molar-refractivity contribution < 1.29 is 0 Å². The van der Waals surface area contributed by atoms with E-state index < -0.39 is 0 Å². The number of rotatable bonds is 5. The summed E-state index contributed by atoms with van der Waals surface area (Å²) in [4.78, 5) is 0. The van der Waals surface area contributed by atoms with Crippen LogP contribution in [0.1, 0.15) is 45.4 Å². The maximum absolute atomic E-state index is 3.72. The van der Waals surface area contributed by atoms with Crippen molar-refractivity contribution in [1.82, 2.24) is 5.32 Å². The van der Waals surface area contributed by atoms with Crippen LogP contribution in [0, 0.1) is 17.8 Å². The summed E-state index contributed by atoms with van der Waals surface area (Å²) in [6.45, 7) is 4.92. The lowest BCUT2D eigenvalue weighted by Crippen LogP contribution is -2.30. The molecular formula is C14H27NS. The summed E-state index contributed by atoms with van der Waals surface area (Å²) < 4.78 is 0. The summed E-state index contributed by atoms with van der Waals surface area (Å²) in [5, 5.41) is 3.72. The van der Waals surface area contributed by atoms with E-state index >= 15 is 0 Å². The number of nitrogens with one attached hydrogen (secondary N) is 1. The Balaban J connectivity index is 1.53. The molecule has 0 radical (unpaired) electrons. The Kier molecular flexibility index (Phi) is 5.51. The van der Waals surface area contributed by atoms with Gasteiger partial charge >= 0.3 is 0 Å². The van der Waals surface area contributed by atoms with Crippen LogP contribution in [0.4, 0.5) is 0 Å². The third-order valence-corrected chi connectivity index (χ3v) is 5.67. The standard InChI is InChI=1S/C14H27NS/c1-2-12-3-5-13(6-4-12)9-15-10-14-7-8-16-11-14/h12-15H,2-11H2,1H3. The molecule has 1 aliphatic carbocycles. The monoisotopic (exact) mass is 241 g/mol. The third kappa shape index (κ3) is 3.96. The van der Waals surface area contributed by atoms with Crippen LogP contribution in [-0.2, 0) is 0 Å². The Morgan fingerprint density at radius 3 is 2.25 bits per heavy atom. The van der Waals surface area contributed by atoms with Gasteiger partial charge < -0.3 is 5.32 Å². The lowest BCUT2D eigenvalue weighted by molar-refractivity contribution is 0.260. The zero-order valence-corrected chi connectivity index (χ0v) is 11.5. The van der Waals surface area contributed by atoms with Gasteiger partial charge in [-0.1, -0.05) is 26.2 Å². The molecule has 16 heavy (non-hydrogen) atoms. The van der Waals surface area contributed by atoms with Crippen LogP contribution in [0.25, 0.3) is 0 Å². The molecule has 0 aromatic rings. The van der Waals surface area contributed by atoms with Crippen LogP contribution in [0.5, 0.6) is 0 Å². The Bertz CT molecular complexity index is 181. The van der Waals surface area contributed by atoms with Crippen molar-refractivity contribution >= 4 is 11.8 Å². The number of hydrogen-bond donors (Lipinski definition) is 1. The molecule has 1 saturated carbocycles. The van der Waals surface area contributed by atoms with Crippen molar-refractivity contribution in [1.29, 1.82) is 0 Å². The van der Waals surface area contributed by atoms with Crippen LogP contribution >= 0.6 is 11.8 Å². The van der Waals surface area contributed by atoms with Crippen molar-refractivity contribution in [2.45, 2.75) is 45.4 Å². The van der Waals surface area contributed by atoms with Crippen LogP contribution in [-0.4, -0.2) is 24.6 Å². The second-order valence-corrected chi connectivity index (χ2v) is 6.83. The van der Waals surface area contributed by atoms with Crippen LogP contribution in [0.3, 0.4) is 0 Å². The average molecular weight is 241 g/mol. The molecule has 1 aliphatic heterocycles. The number of hydrogen-bond acceptors (Lipinski definition) is 2. The second kappa shape index (κ2) is 6.90. The fraction of sp³-hybridized carbons (Fsp3) is 1.00. The van der Waals surface area contributed by atoms with Crippen molar-refractivity contribution in [2.75, 3.05) is 24.6 Å². The molecule has 94 valence electrons. The highest BCUT2D eigenvalue weighted by Gasteiger charge is 2.20. The van der Waals surface area contributed by atoms with E-state index in [-0.39, 0.29) is 0 Å². The van der Waals surface area contributed by atoms with E-state index in [9.17, 15) is 0 Å². The molecular weight excluding hydrogens is 214 g/mol. The molecule has 0 aromatic carbocycles. The molecule has 1 unspecified atom stereocenters. The molecule has 2 rings (SSSR count). The Hall–Kier alpha value is 0.310. The quantitative estimate of drug-likeness (QED) is 0.790. The molecule has 1 saturated heterocycles. The first kappa shape index (κ1) is 12.8. The number of thioether (sulfide) groups is 1. The van der Waals surface area contributed by atoms with Gasteiger partial charge in [-0.05, 0) is 61.6 Å². The first-order valence-electron chi connectivity index (χ1n) is 7.17. The van der Waals surface area contributed by atoms with Gasteiger partial charge in [0.15, 0.2) is 0 Å². The van der Waals surface area contributed by atoms with Crippen LogP contribution in [0.2, 0.25) is 0 Å². The van der Waals surface area contributed by atoms with E-state index in [0.717, 1.165) is 17.8 Å². The van der Waals surface area contributed by atoms with Crippen molar-refractivity contribution in [2.24, 2.45) is 17.8 Å². The fourth-order valence-electron chi connectivity index (χ4n) is 3.08. The van der Waals surface area contributed by atoms with Gasteiger partial charge in [0, 0.05) is 0 Å². The van der Waals surface area contributed by atoms with E-state index in [0.29, 0.717) is 0 Å². The highest BCUT2D eigenvalue weighted by Crippen LogP contribution is 2.30. The minimum atomic E-state index is 0.969. The zero-order chi connectivity index (χ0) is 11.2. The van der Waals surface area contributed by atoms with Crippen molar-refractivity contribution in [3.63, 3.8) is 0 Å². The molecule has 2 aliphatic rings. The minimum Gasteiger partial charge on any atom is -0.316 e. The van der Waals surface area contributed by atoms with Gasteiger partial charge in [-0.15, -0.1) is 0 Å². The van der Waals surface area contributed by atoms with Gasteiger partial charge in [-0.2, -0.15) is 11.8 Å². The van der Waals surface area contributed by atoms with E-state index in [1.807, 2.05) is 0 Å². The second-order valence-electron chi connectivity index (χ2n) is 5.68. The first-order chi connectivity index (χ1) is 7.88. The zero-order valence-electron chi connectivity index (χ0n) is 10.7. The van der Waals surface area contributed by atoms with E-state index in [1.54, 1.807) is 0 Å². The van der Waals surface area contributed by atoms with Crippen LogP contribution < -0.4 is 5.32 Å². The highest BCUT2D eigenvalue weighted by atomic mass is 32.2.